The normalized spacial score (nSPS) is 11.5. The number of aliphatic hydroxyl groups is 1. The number of benzene rings is 2. The third-order valence-corrected chi connectivity index (χ3v) is 3.63. The molecule has 7 heteroatoms. The van der Waals surface area contributed by atoms with Crippen molar-refractivity contribution in [2.45, 2.75) is 13.0 Å². The quantitative estimate of drug-likeness (QED) is 0.696. The molecule has 7 nitrogen and oxygen atoms in total. The molecule has 2 aromatic rings. The fraction of sp³-hybridized carbons (Fsp3) is 0.316. The number of rotatable bonds is 8. The Morgan fingerprint density at radius 3 is 2.38 bits per heavy atom. The largest absolute Gasteiger partial charge is 0.504 e. The van der Waals surface area contributed by atoms with E-state index in [1.165, 1.54) is 26.4 Å². The monoisotopic (exact) mass is 362 g/mol. The van der Waals surface area contributed by atoms with Crippen molar-refractivity contribution in [3.8, 4) is 23.0 Å². The molecular formula is C19H22O7. The number of aryl methyl sites for hydroxylation is 1. The van der Waals surface area contributed by atoms with Crippen molar-refractivity contribution in [2.24, 2.45) is 0 Å². The van der Waals surface area contributed by atoms with Gasteiger partial charge >= 0.3 is 5.97 Å². The van der Waals surface area contributed by atoms with Crippen LogP contribution in [0.4, 0.5) is 0 Å². The summed E-state index contributed by atoms with van der Waals surface area (Å²) in [6, 6.07) is 9.95. The standard InChI is InChI=1S/C19H22O7/c1-12-4-6-14(7-5-12)25-11-15(10-20)26-19(22)13-8-16(21)18(24-3)17(9-13)23-2/h4-9,15,20-21H,10-11H2,1-3H3. The number of methoxy groups -OCH3 is 2. The van der Waals surface area contributed by atoms with E-state index < -0.39 is 18.7 Å². The Hall–Kier alpha value is -2.93. The summed E-state index contributed by atoms with van der Waals surface area (Å²) in [5.41, 5.74) is 1.16. The lowest BCUT2D eigenvalue weighted by atomic mass is 10.2. The van der Waals surface area contributed by atoms with Gasteiger partial charge in [-0.2, -0.15) is 0 Å². The molecule has 1 atom stereocenters. The van der Waals surface area contributed by atoms with E-state index in [0.717, 1.165) is 5.56 Å². The van der Waals surface area contributed by atoms with Gasteiger partial charge in [0, 0.05) is 0 Å². The molecular weight excluding hydrogens is 340 g/mol. The van der Waals surface area contributed by atoms with Crippen molar-refractivity contribution in [3.63, 3.8) is 0 Å². The third-order valence-electron chi connectivity index (χ3n) is 3.63. The summed E-state index contributed by atoms with van der Waals surface area (Å²) in [5.74, 6) is -0.0710. The summed E-state index contributed by atoms with van der Waals surface area (Å²) < 4.78 is 20.9. The number of phenols is 1. The Labute approximate surface area is 151 Å². The zero-order valence-corrected chi connectivity index (χ0v) is 14.9. The molecule has 0 heterocycles. The van der Waals surface area contributed by atoms with Gasteiger partial charge in [-0.3, -0.25) is 0 Å². The van der Waals surface area contributed by atoms with Crippen molar-refractivity contribution < 1.29 is 34.0 Å². The number of hydrogen-bond acceptors (Lipinski definition) is 7. The van der Waals surface area contributed by atoms with Crippen LogP contribution in [0.5, 0.6) is 23.0 Å². The summed E-state index contributed by atoms with van der Waals surface area (Å²) in [4.78, 5) is 12.3. The highest BCUT2D eigenvalue weighted by Gasteiger charge is 2.20. The minimum atomic E-state index is -0.862. The predicted octanol–water partition coefficient (Wildman–Crippen LogP) is 2.31. The van der Waals surface area contributed by atoms with Crippen molar-refractivity contribution in [1.29, 1.82) is 0 Å². The van der Waals surface area contributed by atoms with Crippen LogP contribution in [-0.4, -0.2) is 49.7 Å². The number of carbonyl (C=O) groups excluding carboxylic acids is 1. The van der Waals surface area contributed by atoms with Crippen LogP contribution in [0, 0.1) is 6.92 Å². The lowest BCUT2D eigenvalue weighted by Crippen LogP contribution is -2.28. The van der Waals surface area contributed by atoms with E-state index in [2.05, 4.69) is 0 Å². The zero-order chi connectivity index (χ0) is 19.1. The van der Waals surface area contributed by atoms with E-state index in [0.29, 0.717) is 5.75 Å². The maximum absolute atomic E-state index is 12.3. The van der Waals surface area contributed by atoms with Crippen molar-refractivity contribution in [3.05, 3.63) is 47.5 Å². The summed E-state index contributed by atoms with van der Waals surface area (Å²) in [5, 5.41) is 19.4. The molecule has 2 N–H and O–H groups in total. The first-order valence-electron chi connectivity index (χ1n) is 7.94. The second kappa shape index (κ2) is 8.96. The average molecular weight is 362 g/mol. The molecule has 0 aromatic heterocycles. The highest BCUT2D eigenvalue weighted by atomic mass is 16.6. The Kier molecular flexibility index (Phi) is 6.68. The second-order valence-corrected chi connectivity index (χ2v) is 5.56. The van der Waals surface area contributed by atoms with Gasteiger partial charge in [0.2, 0.25) is 5.75 Å². The molecule has 0 bridgehead atoms. The number of esters is 1. The number of ether oxygens (including phenoxy) is 4. The molecule has 0 amide bonds. The fourth-order valence-corrected chi connectivity index (χ4v) is 2.23. The van der Waals surface area contributed by atoms with Crippen LogP contribution >= 0.6 is 0 Å². The van der Waals surface area contributed by atoms with Crippen LogP contribution in [0.15, 0.2) is 36.4 Å². The average Bonchev–Trinajstić information content (AvgIpc) is 2.65. The smallest absolute Gasteiger partial charge is 0.338 e. The van der Waals surface area contributed by atoms with Gasteiger partial charge in [0.05, 0.1) is 26.4 Å². The minimum absolute atomic E-state index is 0.00935. The molecule has 140 valence electrons. The van der Waals surface area contributed by atoms with E-state index in [1.54, 1.807) is 12.1 Å². The molecule has 26 heavy (non-hydrogen) atoms. The molecule has 0 saturated heterocycles. The molecule has 0 radical (unpaired) electrons. The highest BCUT2D eigenvalue weighted by Crippen LogP contribution is 2.37. The number of phenolic OH excluding ortho intramolecular Hbond substituents is 1. The molecule has 2 aromatic carbocycles. The summed E-state index contributed by atoms with van der Waals surface area (Å²) in [6.45, 7) is 1.54. The third kappa shape index (κ3) is 4.80. The molecule has 0 saturated carbocycles. The first kappa shape index (κ1) is 19.4. The van der Waals surface area contributed by atoms with Gasteiger partial charge in [0.15, 0.2) is 17.6 Å². The lowest BCUT2D eigenvalue weighted by Gasteiger charge is -2.17. The molecule has 2 rings (SSSR count). The Bertz CT molecular complexity index is 740. The van der Waals surface area contributed by atoms with Gasteiger partial charge in [-0.25, -0.2) is 4.79 Å². The van der Waals surface area contributed by atoms with Crippen LogP contribution in [0.1, 0.15) is 15.9 Å². The highest BCUT2D eigenvalue weighted by molar-refractivity contribution is 5.91. The minimum Gasteiger partial charge on any atom is -0.504 e. The van der Waals surface area contributed by atoms with E-state index in [9.17, 15) is 15.0 Å². The predicted molar refractivity (Wildman–Crippen MR) is 94.2 cm³/mol. The van der Waals surface area contributed by atoms with E-state index in [-0.39, 0.29) is 29.4 Å². The van der Waals surface area contributed by atoms with E-state index >= 15 is 0 Å². The van der Waals surface area contributed by atoms with E-state index in [4.69, 9.17) is 18.9 Å². The molecule has 0 aliphatic rings. The number of hydrogen-bond donors (Lipinski definition) is 2. The number of carbonyl (C=O) groups is 1. The fourth-order valence-electron chi connectivity index (χ4n) is 2.23. The molecule has 1 unspecified atom stereocenters. The summed E-state index contributed by atoms with van der Waals surface area (Å²) in [7, 11) is 2.76. The Morgan fingerprint density at radius 2 is 1.81 bits per heavy atom. The van der Waals surface area contributed by atoms with Gasteiger partial charge in [-0.05, 0) is 31.2 Å². The maximum Gasteiger partial charge on any atom is 0.338 e. The SMILES string of the molecule is COc1cc(C(=O)OC(CO)COc2ccc(C)cc2)cc(O)c1OC. The molecule has 0 aliphatic carbocycles. The lowest BCUT2D eigenvalue weighted by molar-refractivity contribution is -0.00145. The summed E-state index contributed by atoms with van der Waals surface area (Å²) in [6.07, 6.45) is -0.862. The van der Waals surface area contributed by atoms with Gasteiger partial charge in [-0.15, -0.1) is 0 Å². The van der Waals surface area contributed by atoms with Crippen LogP contribution in [-0.2, 0) is 4.74 Å². The van der Waals surface area contributed by atoms with Gasteiger partial charge < -0.3 is 29.2 Å². The topological polar surface area (TPSA) is 94.5 Å². The van der Waals surface area contributed by atoms with Gasteiger partial charge in [-0.1, -0.05) is 17.7 Å². The molecule has 0 spiro atoms. The van der Waals surface area contributed by atoms with Crippen LogP contribution < -0.4 is 14.2 Å². The van der Waals surface area contributed by atoms with Gasteiger partial charge in [0.1, 0.15) is 12.4 Å². The van der Waals surface area contributed by atoms with Crippen LogP contribution in [0.25, 0.3) is 0 Å². The van der Waals surface area contributed by atoms with Crippen LogP contribution in [0.2, 0.25) is 0 Å². The zero-order valence-electron chi connectivity index (χ0n) is 14.9. The second-order valence-electron chi connectivity index (χ2n) is 5.56. The van der Waals surface area contributed by atoms with Crippen molar-refractivity contribution in [2.75, 3.05) is 27.4 Å². The van der Waals surface area contributed by atoms with E-state index in [1.807, 2.05) is 19.1 Å². The van der Waals surface area contributed by atoms with Gasteiger partial charge in [0.25, 0.3) is 0 Å². The van der Waals surface area contributed by atoms with Crippen molar-refractivity contribution >= 4 is 5.97 Å². The Morgan fingerprint density at radius 1 is 1.12 bits per heavy atom. The number of aromatic hydroxyl groups is 1. The molecule has 0 fully saturated rings. The number of aliphatic hydroxyl groups excluding tert-OH is 1. The van der Waals surface area contributed by atoms with Crippen molar-refractivity contribution in [1.82, 2.24) is 0 Å². The summed E-state index contributed by atoms with van der Waals surface area (Å²) >= 11 is 0. The first-order chi connectivity index (χ1) is 12.5. The first-order valence-corrected chi connectivity index (χ1v) is 7.94. The molecule has 0 aliphatic heterocycles. The maximum atomic E-state index is 12.3. The Balaban J connectivity index is 2.04. The van der Waals surface area contributed by atoms with Crippen LogP contribution in [0.3, 0.4) is 0 Å².